The first-order chi connectivity index (χ1) is 16.1. The van der Waals surface area contributed by atoms with E-state index in [1.807, 2.05) is 32.9 Å². The van der Waals surface area contributed by atoms with E-state index in [0.29, 0.717) is 30.2 Å². The molecule has 1 aromatic heterocycles. The van der Waals surface area contributed by atoms with Crippen LogP contribution in [0.15, 0.2) is 48.7 Å². The molecule has 0 fully saturated rings. The van der Waals surface area contributed by atoms with Crippen LogP contribution in [0.1, 0.15) is 38.4 Å². The fourth-order valence-electron chi connectivity index (χ4n) is 3.06. The molecular formula is C26H29FN2O5. The van der Waals surface area contributed by atoms with E-state index in [0.717, 1.165) is 5.56 Å². The lowest BCUT2D eigenvalue weighted by Crippen LogP contribution is -2.18. The Morgan fingerprint density at radius 2 is 1.88 bits per heavy atom. The minimum atomic E-state index is -0.850. The highest BCUT2D eigenvalue weighted by Crippen LogP contribution is 2.32. The smallest absolute Gasteiger partial charge is 0.303 e. The van der Waals surface area contributed by atoms with Crippen molar-refractivity contribution in [2.75, 3.05) is 13.7 Å². The van der Waals surface area contributed by atoms with Gasteiger partial charge in [0.2, 0.25) is 5.88 Å². The van der Waals surface area contributed by atoms with Gasteiger partial charge in [-0.25, -0.2) is 14.4 Å². The summed E-state index contributed by atoms with van der Waals surface area (Å²) in [5.41, 5.74) is 1.74. The van der Waals surface area contributed by atoms with Crippen LogP contribution in [-0.2, 0) is 17.8 Å². The molecule has 0 aliphatic rings. The number of carboxylic acids is 1. The number of methoxy groups -OCH3 is 1. The van der Waals surface area contributed by atoms with E-state index >= 15 is 0 Å². The molecule has 0 spiro atoms. The van der Waals surface area contributed by atoms with Gasteiger partial charge in [0.25, 0.3) is 0 Å². The lowest BCUT2D eigenvalue weighted by atomic mass is 9.99. The topological polar surface area (TPSA) is 90.8 Å². The molecule has 3 aromatic rings. The standard InChI is InChI=1S/C26H29FN2O5/c1-26(2,3)16-34-25-24(21-13-19(32-4)9-10-22(21)27)28-14-18(29-25)15-33-20-7-5-6-17(12-20)8-11-23(30)31/h5-7,9-10,12-14H,8,11,15-16H2,1-4H3,(H,30,31). The van der Waals surface area contributed by atoms with Gasteiger partial charge >= 0.3 is 5.97 Å². The van der Waals surface area contributed by atoms with Crippen LogP contribution in [0.4, 0.5) is 4.39 Å². The number of ether oxygens (including phenoxy) is 3. The number of nitrogens with zero attached hydrogens (tertiary/aromatic N) is 2. The Hall–Kier alpha value is -3.68. The third-order valence-corrected chi connectivity index (χ3v) is 4.77. The molecule has 0 atom stereocenters. The van der Waals surface area contributed by atoms with E-state index in [-0.39, 0.29) is 35.6 Å². The molecule has 2 aromatic carbocycles. The maximum absolute atomic E-state index is 14.6. The summed E-state index contributed by atoms with van der Waals surface area (Å²) in [7, 11) is 1.51. The van der Waals surface area contributed by atoms with Crippen LogP contribution < -0.4 is 14.2 Å². The second-order valence-electron chi connectivity index (χ2n) is 9.04. The number of benzene rings is 2. The van der Waals surface area contributed by atoms with Crippen LogP contribution in [0.2, 0.25) is 0 Å². The number of carbonyl (C=O) groups is 1. The second-order valence-corrected chi connectivity index (χ2v) is 9.04. The van der Waals surface area contributed by atoms with E-state index in [9.17, 15) is 9.18 Å². The normalized spacial score (nSPS) is 11.2. The zero-order valence-corrected chi connectivity index (χ0v) is 19.8. The number of hydrogen-bond acceptors (Lipinski definition) is 6. The van der Waals surface area contributed by atoms with E-state index in [1.54, 1.807) is 18.2 Å². The average molecular weight is 469 g/mol. The van der Waals surface area contributed by atoms with Gasteiger partial charge in [0.15, 0.2) is 0 Å². The van der Waals surface area contributed by atoms with Crippen molar-refractivity contribution < 1.29 is 28.5 Å². The average Bonchev–Trinajstić information content (AvgIpc) is 2.80. The fraction of sp³-hybridized carbons (Fsp3) is 0.346. The highest BCUT2D eigenvalue weighted by molar-refractivity contribution is 5.67. The zero-order chi connectivity index (χ0) is 24.7. The number of hydrogen-bond donors (Lipinski definition) is 1. The van der Waals surface area contributed by atoms with Gasteiger partial charge < -0.3 is 19.3 Å². The molecule has 34 heavy (non-hydrogen) atoms. The molecule has 7 nitrogen and oxygen atoms in total. The monoisotopic (exact) mass is 468 g/mol. The number of aromatic nitrogens is 2. The van der Waals surface area contributed by atoms with Crippen molar-refractivity contribution >= 4 is 5.97 Å². The number of aryl methyl sites for hydroxylation is 1. The molecule has 1 heterocycles. The van der Waals surface area contributed by atoms with Crippen molar-refractivity contribution in [3.05, 3.63) is 65.7 Å². The molecule has 3 rings (SSSR count). The van der Waals surface area contributed by atoms with Gasteiger partial charge in [-0.15, -0.1) is 0 Å². The lowest BCUT2D eigenvalue weighted by Gasteiger charge is -2.20. The Morgan fingerprint density at radius 3 is 2.59 bits per heavy atom. The van der Waals surface area contributed by atoms with Gasteiger partial charge in [0.05, 0.1) is 19.9 Å². The van der Waals surface area contributed by atoms with Gasteiger partial charge in [-0.05, 0) is 47.7 Å². The fourth-order valence-corrected chi connectivity index (χ4v) is 3.06. The van der Waals surface area contributed by atoms with Crippen LogP contribution in [0, 0.1) is 11.2 Å². The van der Waals surface area contributed by atoms with Crippen molar-refractivity contribution in [3.8, 4) is 28.6 Å². The summed E-state index contributed by atoms with van der Waals surface area (Å²) in [5.74, 6) is -0.0202. The van der Waals surface area contributed by atoms with Crippen molar-refractivity contribution in [2.24, 2.45) is 5.41 Å². The van der Waals surface area contributed by atoms with Gasteiger partial charge in [-0.1, -0.05) is 32.9 Å². The predicted molar refractivity (Wildman–Crippen MR) is 126 cm³/mol. The third-order valence-electron chi connectivity index (χ3n) is 4.77. The van der Waals surface area contributed by atoms with Gasteiger partial charge in [0.1, 0.15) is 35.3 Å². The van der Waals surface area contributed by atoms with Crippen molar-refractivity contribution in [3.63, 3.8) is 0 Å². The van der Waals surface area contributed by atoms with Gasteiger partial charge in [-0.2, -0.15) is 0 Å². The first kappa shape index (κ1) is 25.0. The summed E-state index contributed by atoms with van der Waals surface area (Å²) in [5, 5.41) is 8.88. The van der Waals surface area contributed by atoms with Crippen molar-refractivity contribution in [1.29, 1.82) is 0 Å². The maximum atomic E-state index is 14.6. The summed E-state index contributed by atoms with van der Waals surface area (Å²) < 4.78 is 31.7. The predicted octanol–water partition coefficient (Wildman–Crippen LogP) is 5.31. The Balaban J connectivity index is 1.84. The summed E-state index contributed by atoms with van der Waals surface area (Å²) in [6.45, 7) is 6.54. The van der Waals surface area contributed by atoms with E-state index in [2.05, 4.69) is 9.97 Å². The van der Waals surface area contributed by atoms with Crippen LogP contribution in [-0.4, -0.2) is 34.8 Å². The van der Waals surface area contributed by atoms with Crippen LogP contribution in [0.5, 0.6) is 17.4 Å². The largest absolute Gasteiger partial charge is 0.497 e. The van der Waals surface area contributed by atoms with Crippen molar-refractivity contribution in [2.45, 2.75) is 40.2 Å². The van der Waals surface area contributed by atoms with Crippen LogP contribution in [0.25, 0.3) is 11.3 Å². The summed E-state index contributed by atoms with van der Waals surface area (Å²) in [6, 6.07) is 11.7. The lowest BCUT2D eigenvalue weighted by molar-refractivity contribution is -0.136. The highest BCUT2D eigenvalue weighted by atomic mass is 19.1. The number of halogens is 1. The Morgan fingerprint density at radius 1 is 1.09 bits per heavy atom. The number of rotatable bonds is 10. The number of aliphatic carboxylic acids is 1. The SMILES string of the molecule is COc1ccc(F)c(-c2ncc(COc3cccc(CCC(=O)O)c3)nc2OCC(C)(C)C)c1. The second kappa shape index (κ2) is 11.0. The highest BCUT2D eigenvalue weighted by Gasteiger charge is 2.19. The molecule has 0 unspecified atom stereocenters. The summed E-state index contributed by atoms with van der Waals surface area (Å²) in [6.07, 6.45) is 1.98. The minimum Gasteiger partial charge on any atom is -0.497 e. The molecule has 180 valence electrons. The molecule has 0 radical (unpaired) electrons. The van der Waals surface area contributed by atoms with E-state index < -0.39 is 11.8 Å². The molecule has 0 aliphatic carbocycles. The van der Waals surface area contributed by atoms with Crippen LogP contribution in [0.3, 0.4) is 0 Å². The molecule has 0 saturated heterocycles. The molecule has 0 saturated carbocycles. The van der Waals surface area contributed by atoms with Gasteiger partial charge in [-0.3, -0.25) is 4.79 Å². The number of carboxylic acid groups (broad SMARTS) is 1. The molecule has 8 heteroatoms. The molecule has 1 N–H and O–H groups in total. The van der Waals surface area contributed by atoms with E-state index in [1.165, 1.54) is 25.4 Å². The minimum absolute atomic E-state index is 0.0473. The Bertz CT molecular complexity index is 1140. The zero-order valence-electron chi connectivity index (χ0n) is 19.8. The van der Waals surface area contributed by atoms with Crippen LogP contribution >= 0.6 is 0 Å². The Kier molecular flexibility index (Phi) is 8.04. The molecule has 0 aliphatic heterocycles. The molecular weight excluding hydrogens is 439 g/mol. The Labute approximate surface area is 198 Å². The molecule has 0 amide bonds. The van der Waals surface area contributed by atoms with Gasteiger partial charge in [0, 0.05) is 12.0 Å². The molecule has 0 bridgehead atoms. The van der Waals surface area contributed by atoms with Crippen molar-refractivity contribution in [1.82, 2.24) is 9.97 Å². The summed E-state index contributed by atoms with van der Waals surface area (Å²) in [4.78, 5) is 19.8. The first-order valence-corrected chi connectivity index (χ1v) is 10.9. The quantitative estimate of drug-likeness (QED) is 0.431. The first-order valence-electron chi connectivity index (χ1n) is 10.9. The third kappa shape index (κ3) is 7.16. The maximum Gasteiger partial charge on any atom is 0.303 e. The van der Waals surface area contributed by atoms with E-state index in [4.69, 9.17) is 19.3 Å². The summed E-state index contributed by atoms with van der Waals surface area (Å²) >= 11 is 0.